The highest BCUT2D eigenvalue weighted by Crippen LogP contribution is 2.44. The van der Waals surface area contributed by atoms with Crippen LogP contribution in [0.25, 0.3) is 0 Å². The minimum Gasteiger partial charge on any atom is -0.256 e. The lowest BCUT2D eigenvalue weighted by molar-refractivity contribution is 0.537. The fourth-order valence-corrected chi connectivity index (χ4v) is 2.59. The fraction of sp³-hybridized carbons (Fsp3) is 0.500. The Bertz CT molecular complexity index is 419. The van der Waals surface area contributed by atoms with Gasteiger partial charge in [0.05, 0.1) is 5.69 Å². The molecule has 1 aliphatic heterocycles. The highest BCUT2D eigenvalue weighted by molar-refractivity contribution is 6.04. The van der Waals surface area contributed by atoms with Crippen LogP contribution in [0.15, 0.2) is 29.3 Å². The number of nitrogens with zero attached hydrogens (tertiary/aromatic N) is 1. The van der Waals surface area contributed by atoms with Crippen molar-refractivity contribution in [2.24, 2.45) is 10.4 Å². The first-order valence-electron chi connectivity index (χ1n) is 5.52. The topological polar surface area (TPSA) is 12.4 Å². The Balaban J connectivity index is 2.59. The second kappa shape index (κ2) is 2.94. The van der Waals surface area contributed by atoms with Crippen molar-refractivity contribution in [2.45, 2.75) is 40.0 Å². The Morgan fingerprint density at radius 1 is 1.07 bits per heavy atom. The zero-order valence-electron chi connectivity index (χ0n) is 10.3. The van der Waals surface area contributed by atoms with Gasteiger partial charge in [0.1, 0.15) is 0 Å². The molecular weight excluding hydrogens is 182 g/mol. The third kappa shape index (κ3) is 1.50. The molecule has 0 amide bonds. The summed E-state index contributed by atoms with van der Waals surface area (Å²) in [6, 6.07) is 8.46. The van der Waals surface area contributed by atoms with E-state index in [1.165, 1.54) is 11.3 Å². The van der Waals surface area contributed by atoms with E-state index in [1.807, 2.05) is 0 Å². The van der Waals surface area contributed by atoms with E-state index in [0.717, 1.165) is 5.69 Å². The molecule has 0 aromatic heterocycles. The number of hydrogen-bond donors (Lipinski definition) is 0. The summed E-state index contributed by atoms with van der Waals surface area (Å²) in [4.78, 5) is 4.79. The molecule has 1 aromatic carbocycles. The van der Waals surface area contributed by atoms with Gasteiger partial charge >= 0.3 is 0 Å². The summed E-state index contributed by atoms with van der Waals surface area (Å²) < 4.78 is 0. The molecule has 0 unspecified atom stereocenters. The molecule has 1 aromatic rings. The monoisotopic (exact) mass is 201 g/mol. The van der Waals surface area contributed by atoms with Crippen LogP contribution in [0.4, 0.5) is 5.69 Å². The molecule has 1 heteroatoms. The molecule has 0 N–H and O–H groups in total. The Hall–Kier alpha value is -1.11. The van der Waals surface area contributed by atoms with Crippen molar-refractivity contribution in [3.05, 3.63) is 29.8 Å². The molecule has 0 spiro atoms. The van der Waals surface area contributed by atoms with Crippen LogP contribution < -0.4 is 0 Å². The first kappa shape index (κ1) is 10.4. The van der Waals surface area contributed by atoms with Crippen LogP contribution in [0.3, 0.4) is 0 Å². The molecule has 0 saturated carbocycles. The summed E-state index contributed by atoms with van der Waals surface area (Å²) in [7, 11) is 0. The lowest BCUT2D eigenvalue weighted by Crippen LogP contribution is -2.35. The van der Waals surface area contributed by atoms with Gasteiger partial charge in [0, 0.05) is 16.5 Å². The molecule has 0 saturated heterocycles. The summed E-state index contributed by atoms with van der Waals surface area (Å²) in [5, 5.41) is 0. The third-order valence-corrected chi connectivity index (χ3v) is 3.11. The van der Waals surface area contributed by atoms with Gasteiger partial charge in [0.2, 0.25) is 0 Å². The second-order valence-corrected chi connectivity index (χ2v) is 5.85. The van der Waals surface area contributed by atoms with Gasteiger partial charge in [-0.05, 0) is 11.6 Å². The Morgan fingerprint density at radius 3 is 2.20 bits per heavy atom. The maximum atomic E-state index is 4.79. The van der Waals surface area contributed by atoms with E-state index in [9.17, 15) is 0 Å². The van der Waals surface area contributed by atoms with E-state index in [0.29, 0.717) is 0 Å². The van der Waals surface area contributed by atoms with E-state index >= 15 is 0 Å². The number of rotatable bonds is 0. The van der Waals surface area contributed by atoms with Crippen LogP contribution >= 0.6 is 0 Å². The lowest BCUT2D eigenvalue weighted by Gasteiger charge is -2.31. The maximum absolute atomic E-state index is 4.79. The molecule has 0 atom stereocenters. The van der Waals surface area contributed by atoms with Crippen molar-refractivity contribution in [1.29, 1.82) is 0 Å². The van der Waals surface area contributed by atoms with Gasteiger partial charge in [-0.3, -0.25) is 4.99 Å². The van der Waals surface area contributed by atoms with Crippen LogP contribution in [-0.4, -0.2) is 5.71 Å². The minimum atomic E-state index is 0.0782. The fourth-order valence-electron chi connectivity index (χ4n) is 2.59. The van der Waals surface area contributed by atoms with Crippen molar-refractivity contribution in [3.8, 4) is 0 Å². The van der Waals surface area contributed by atoms with Crippen molar-refractivity contribution in [2.75, 3.05) is 0 Å². The van der Waals surface area contributed by atoms with Crippen LogP contribution in [0.1, 0.15) is 40.2 Å². The summed E-state index contributed by atoms with van der Waals surface area (Å²) in [5.41, 5.74) is 4.01. The number of benzene rings is 1. The average molecular weight is 201 g/mol. The molecule has 0 radical (unpaired) electrons. The zero-order valence-corrected chi connectivity index (χ0v) is 10.3. The SMILES string of the molecule is CC(C)(C)C1=Nc2ccccc2C1(C)C. The Kier molecular flexibility index (Phi) is 2.04. The highest BCUT2D eigenvalue weighted by Gasteiger charge is 2.40. The molecule has 80 valence electrons. The largest absolute Gasteiger partial charge is 0.256 e. The molecule has 0 bridgehead atoms. The van der Waals surface area contributed by atoms with Crippen molar-refractivity contribution < 1.29 is 0 Å². The summed E-state index contributed by atoms with van der Waals surface area (Å²) in [6.45, 7) is 11.2. The van der Waals surface area contributed by atoms with Gasteiger partial charge in [0.25, 0.3) is 0 Å². The predicted molar refractivity (Wildman–Crippen MR) is 66.0 cm³/mol. The van der Waals surface area contributed by atoms with Gasteiger partial charge in [-0.15, -0.1) is 0 Å². The summed E-state index contributed by atoms with van der Waals surface area (Å²) >= 11 is 0. The van der Waals surface area contributed by atoms with Gasteiger partial charge in [-0.25, -0.2) is 0 Å². The molecule has 15 heavy (non-hydrogen) atoms. The van der Waals surface area contributed by atoms with E-state index in [2.05, 4.69) is 58.9 Å². The zero-order chi connectivity index (χ0) is 11.3. The standard InChI is InChI=1S/C14H19N/c1-13(2,3)12-14(4,5)10-8-6-7-9-11(10)15-12/h6-9H,1-5H3. The number of aliphatic imine (C=N–C) groups is 1. The summed E-state index contributed by atoms with van der Waals surface area (Å²) in [5.74, 6) is 0. The first-order valence-corrected chi connectivity index (χ1v) is 5.52. The van der Waals surface area contributed by atoms with E-state index in [4.69, 9.17) is 4.99 Å². The van der Waals surface area contributed by atoms with E-state index in [1.54, 1.807) is 0 Å². The molecule has 1 heterocycles. The van der Waals surface area contributed by atoms with E-state index in [-0.39, 0.29) is 10.8 Å². The molecule has 0 aliphatic carbocycles. The van der Waals surface area contributed by atoms with Crippen molar-refractivity contribution in [1.82, 2.24) is 0 Å². The smallest absolute Gasteiger partial charge is 0.0670 e. The Labute approximate surface area is 92.2 Å². The molecule has 1 nitrogen and oxygen atoms in total. The second-order valence-electron chi connectivity index (χ2n) is 5.85. The number of hydrogen-bond acceptors (Lipinski definition) is 1. The van der Waals surface area contributed by atoms with Gasteiger partial charge in [-0.2, -0.15) is 0 Å². The normalized spacial score (nSPS) is 18.6. The van der Waals surface area contributed by atoms with Crippen LogP contribution in [0, 0.1) is 5.41 Å². The predicted octanol–water partition coefficient (Wildman–Crippen LogP) is 4.10. The van der Waals surface area contributed by atoms with Crippen LogP contribution in [-0.2, 0) is 5.41 Å². The molecule has 2 rings (SSSR count). The molecule has 0 fully saturated rings. The maximum Gasteiger partial charge on any atom is 0.0670 e. The van der Waals surface area contributed by atoms with Crippen molar-refractivity contribution in [3.63, 3.8) is 0 Å². The van der Waals surface area contributed by atoms with Gasteiger partial charge in [-0.1, -0.05) is 52.8 Å². The molecular formula is C14H19N. The minimum absolute atomic E-state index is 0.0782. The summed E-state index contributed by atoms with van der Waals surface area (Å²) in [6.07, 6.45) is 0. The van der Waals surface area contributed by atoms with Gasteiger partial charge in [0.15, 0.2) is 0 Å². The van der Waals surface area contributed by atoms with Crippen LogP contribution in [0.5, 0.6) is 0 Å². The van der Waals surface area contributed by atoms with Crippen molar-refractivity contribution >= 4 is 11.4 Å². The number of fused-ring (bicyclic) bond motifs is 1. The third-order valence-electron chi connectivity index (χ3n) is 3.11. The first-order chi connectivity index (χ1) is 6.83. The van der Waals surface area contributed by atoms with E-state index < -0.39 is 0 Å². The highest BCUT2D eigenvalue weighted by atomic mass is 14.8. The molecule has 1 aliphatic rings. The number of para-hydroxylation sites is 1. The van der Waals surface area contributed by atoms with Gasteiger partial charge < -0.3 is 0 Å². The lowest BCUT2D eigenvalue weighted by atomic mass is 9.72. The Morgan fingerprint density at radius 2 is 1.67 bits per heavy atom. The average Bonchev–Trinajstić information content (AvgIpc) is 2.39. The quantitative estimate of drug-likeness (QED) is 0.599. The van der Waals surface area contributed by atoms with Crippen LogP contribution in [0.2, 0.25) is 0 Å².